The summed E-state index contributed by atoms with van der Waals surface area (Å²) in [6.45, 7) is 2.48. The van der Waals surface area contributed by atoms with Crippen molar-refractivity contribution in [2.24, 2.45) is 5.92 Å². The Labute approximate surface area is 99.2 Å². The normalized spacial score (nSPS) is 12.2. The van der Waals surface area contributed by atoms with Gasteiger partial charge in [-0.15, -0.1) is 0 Å². The molecule has 0 spiro atoms. The largest absolute Gasteiger partial charge is 0.384 e. The molecule has 0 saturated carbocycles. The van der Waals surface area contributed by atoms with Crippen LogP contribution in [-0.2, 0) is 9.53 Å². The van der Waals surface area contributed by atoms with E-state index < -0.39 is 0 Å². The Morgan fingerprint density at radius 1 is 1.69 bits per heavy atom. The Hall–Kier alpha value is -1.20. The molecule has 5 nitrogen and oxygen atoms in total. The number of hydrogen-bond donors (Lipinski definition) is 1. The van der Waals surface area contributed by atoms with Gasteiger partial charge in [-0.3, -0.25) is 10.1 Å². The third-order valence-corrected chi connectivity index (χ3v) is 2.07. The van der Waals surface area contributed by atoms with Crippen molar-refractivity contribution in [3.05, 3.63) is 17.4 Å². The predicted molar refractivity (Wildman–Crippen MR) is 61.3 cm³/mol. The second-order valence-corrected chi connectivity index (χ2v) is 3.90. The van der Waals surface area contributed by atoms with Crippen LogP contribution in [0.3, 0.4) is 0 Å². The van der Waals surface area contributed by atoms with Gasteiger partial charge in [0.25, 0.3) is 0 Å². The fourth-order valence-electron chi connectivity index (χ4n) is 1.23. The molecular weight excluding hydrogens is 230 g/mol. The van der Waals surface area contributed by atoms with Gasteiger partial charge in [0, 0.05) is 26.3 Å². The van der Waals surface area contributed by atoms with Gasteiger partial charge in [0.05, 0.1) is 0 Å². The summed E-state index contributed by atoms with van der Waals surface area (Å²) in [5.74, 6) is 0.234. The van der Waals surface area contributed by atoms with Gasteiger partial charge in [0.2, 0.25) is 11.9 Å². The number of amides is 1. The van der Waals surface area contributed by atoms with E-state index in [-0.39, 0.29) is 17.8 Å². The molecular formula is C10H14ClN3O2. The minimum absolute atomic E-state index is 0.146. The Kier molecular flexibility index (Phi) is 5.14. The van der Waals surface area contributed by atoms with E-state index in [9.17, 15) is 4.79 Å². The van der Waals surface area contributed by atoms with E-state index in [0.717, 1.165) is 0 Å². The third kappa shape index (κ3) is 4.55. The fourth-order valence-corrected chi connectivity index (χ4v) is 1.37. The molecule has 1 unspecified atom stereocenters. The maximum Gasteiger partial charge on any atom is 0.230 e. The van der Waals surface area contributed by atoms with Crippen LogP contribution >= 0.6 is 11.6 Å². The van der Waals surface area contributed by atoms with E-state index >= 15 is 0 Å². The lowest BCUT2D eigenvalue weighted by Gasteiger charge is -2.09. The molecule has 0 aliphatic carbocycles. The molecule has 1 aromatic rings. The number of carbonyl (C=O) groups is 1. The highest BCUT2D eigenvalue weighted by Crippen LogP contribution is 2.08. The van der Waals surface area contributed by atoms with Gasteiger partial charge < -0.3 is 4.74 Å². The number of nitrogens with zero attached hydrogens (tertiary/aromatic N) is 2. The van der Waals surface area contributed by atoms with Crippen molar-refractivity contribution in [1.29, 1.82) is 0 Å². The Morgan fingerprint density at radius 3 is 3.06 bits per heavy atom. The van der Waals surface area contributed by atoms with Gasteiger partial charge in [-0.25, -0.2) is 9.97 Å². The summed E-state index contributed by atoms with van der Waals surface area (Å²) in [7, 11) is 1.61. The minimum Gasteiger partial charge on any atom is -0.384 e. The van der Waals surface area contributed by atoms with Crippen LogP contribution in [0.5, 0.6) is 0 Å². The predicted octanol–water partition coefficient (Wildman–Crippen LogP) is 1.74. The quantitative estimate of drug-likeness (QED) is 0.800. The zero-order valence-electron chi connectivity index (χ0n) is 9.24. The topological polar surface area (TPSA) is 64.1 Å². The summed E-state index contributed by atoms with van der Waals surface area (Å²) in [5, 5.41) is 2.87. The maximum atomic E-state index is 11.5. The summed E-state index contributed by atoms with van der Waals surface area (Å²) in [4.78, 5) is 19.3. The number of ether oxygens (including phenoxy) is 1. The SMILES string of the molecule is COCC(C)CC(=O)Nc1nccc(Cl)n1. The first-order valence-electron chi connectivity index (χ1n) is 4.89. The Bertz CT molecular complexity index is 360. The summed E-state index contributed by atoms with van der Waals surface area (Å²) in [5.41, 5.74) is 0. The van der Waals surface area contributed by atoms with E-state index in [4.69, 9.17) is 16.3 Å². The first-order chi connectivity index (χ1) is 7.61. The molecule has 0 radical (unpaired) electrons. The van der Waals surface area contributed by atoms with E-state index in [1.165, 1.54) is 6.20 Å². The number of methoxy groups -OCH3 is 1. The first kappa shape index (κ1) is 12.9. The molecule has 16 heavy (non-hydrogen) atoms. The van der Waals surface area contributed by atoms with Gasteiger partial charge in [-0.2, -0.15) is 0 Å². The average Bonchev–Trinajstić information content (AvgIpc) is 2.17. The van der Waals surface area contributed by atoms with E-state index in [1.54, 1.807) is 13.2 Å². The molecule has 0 aliphatic heterocycles. The van der Waals surface area contributed by atoms with Crippen LogP contribution in [-0.4, -0.2) is 29.6 Å². The highest BCUT2D eigenvalue weighted by molar-refractivity contribution is 6.29. The molecule has 6 heteroatoms. The van der Waals surface area contributed by atoms with Crippen LogP contribution in [0.25, 0.3) is 0 Å². The van der Waals surface area contributed by atoms with Crippen molar-refractivity contribution in [3.8, 4) is 0 Å². The molecule has 0 aromatic carbocycles. The van der Waals surface area contributed by atoms with Crippen LogP contribution in [0, 0.1) is 5.92 Å². The summed E-state index contributed by atoms with van der Waals surface area (Å²) in [6.07, 6.45) is 1.85. The highest BCUT2D eigenvalue weighted by Gasteiger charge is 2.10. The van der Waals surface area contributed by atoms with Crippen molar-refractivity contribution in [2.75, 3.05) is 19.0 Å². The van der Waals surface area contributed by atoms with Crippen LogP contribution in [0.4, 0.5) is 5.95 Å². The molecule has 1 aromatic heterocycles. The molecule has 1 amide bonds. The average molecular weight is 244 g/mol. The Balaban J connectivity index is 2.45. The molecule has 88 valence electrons. The minimum atomic E-state index is -0.146. The number of halogens is 1. The molecule has 0 fully saturated rings. The molecule has 1 rings (SSSR count). The summed E-state index contributed by atoms with van der Waals surface area (Å²) in [6, 6.07) is 1.55. The zero-order valence-corrected chi connectivity index (χ0v) is 9.99. The lowest BCUT2D eigenvalue weighted by Crippen LogP contribution is -2.18. The highest BCUT2D eigenvalue weighted by atomic mass is 35.5. The standard InChI is InChI=1S/C10H14ClN3O2/c1-7(6-16-2)5-9(15)14-10-12-4-3-8(11)13-10/h3-4,7H,5-6H2,1-2H3,(H,12,13,14,15). The van der Waals surface area contributed by atoms with Gasteiger partial charge in [0.1, 0.15) is 5.15 Å². The number of hydrogen-bond acceptors (Lipinski definition) is 4. The van der Waals surface area contributed by atoms with Crippen LogP contribution < -0.4 is 5.32 Å². The molecule has 0 saturated heterocycles. The molecule has 1 N–H and O–H groups in total. The lowest BCUT2D eigenvalue weighted by molar-refractivity contribution is -0.117. The monoisotopic (exact) mass is 243 g/mol. The van der Waals surface area contributed by atoms with Crippen LogP contribution in [0.1, 0.15) is 13.3 Å². The Morgan fingerprint density at radius 2 is 2.44 bits per heavy atom. The molecule has 1 heterocycles. The van der Waals surface area contributed by atoms with Gasteiger partial charge in [-0.05, 0) is 12.0 Å². The first-order valence-corrected chi connectivity index (χ1v) is 5.27. The summed E-state index contributed by atoms with van der Waals surface area (Å²) < 4.78 is 4.94. The number of rotatable bonds is 5. The smallest absolute Gasteiger partial charge is 0.230 e. The zero-order chi connectivity index (χ0) is 12.0. The van der Waals surface area contributed by atoms with Crippen molar-refractivity contribution in [1.82, 2.24) is 9.97 Å². The van der Waals surface area contributed by atoms with E-state index in [1.807, 2.05) is 6.92 Å². The van der Waals surface area contributed by atoms with E-state index in [2.05, 4.69) is 15.3 Å². The summed E-state index contributed by atoms with van der Waals surface area (Å²) >= 11 is 5.66. The van der Waals surface area contributed by atoms with E-state index in [0.29, 0.717) is 18.2 Å². The number of carbonyl (C=O) groups excluding carboxylic acids is 1. The fraction of sp³-hybridized carbons (Fsp3) is 0.500. The van der Waals surface area contributed by atoms with Gasteiger partial charge >= 0.3 is 0 Å². The third-order valence-electron chi connectivity index (χ3n) is 1.86. The van der Waals surface area contributed by atoms with Crippen molar-refractivity contribution in [2.45, 2.75) is 13.3 Å². The van der Waals surface area contributed by atoms with Crippen molar-refractivity contribution in [3.63, 3.8) is 0 Å². The van der Waals surface area contributed by atoms with Crippen molar-refractivity contribution >= 4 is 23.5 Å². The number of aromatic nitrogens is 2. The van der Waals surface area contributed by atoms with Gasteiger partial charge in [-0.1, -0.05) is 18.5 Å². The number of anilines is 1. The van der Waals surface area contributed by atoms with Crippen LogP contribution in [0.2, 0.25) is 5.15 Å². The molecule has 0 bridgehead atoms. The van der Waals surface area contributed by atoms with Crippen LogP contribution in [0.15, 0.2) is 12.3 Å². The lowest BCUT2D eigenvalue weighted by atomic mass is 10.1. The van der Waals surface area contributed by atoms with Crippen molar-refractivity contribution < 1.29 is 9.53 Å². The second-order valence-electron chi connectivity index (χ2n) is 3.52. The van der Waals surface area contributed by atoms with Gasteiger partial charge in [0.15, 0.2) is 0 Å². The molecule has 1 atom stereocenters. The second kappa shape index (κ2) is 6.40. The molecule has 0 aliphatic rings. The maximum absolute atomic E-state index is 11.5. The number of nitrogens with one attached hydrogen (secondary N) is 1.